The topological polar surface area (TPSA) is 40.6 Å². The van der Waals surface area contributed by atoms with Crippen LogP contribution >= 0.6 is 24.0 Å². The molecule has 0 atom stereocenters. The Morgan fingerprint density at radius 3 is 2.71 bits per heavy atom. The highest BCUT2D eigenvalue weighted by atomic mass is 32.2. The van der Waals surface area contributed by atoms with Crippen molar-refractivity contribution in [3.63, 3.8) is 0 Å². The highest BCUT2D eigenvalue weighted by Crippen LogP contribution is 2.33. The molecule has 1 fully saturated rings. The van der Waals surface area contributed by atoms with Crippen LogP contribution < -0.4 is 4.90 Å². The quantitative estimate of drug-likeness (QED) is 0.447. The number of rotatable bonds is 6. The summed E-state index contributed by atoms with van der Waals surface area (Å²) in [6.45, 7) is 3.35. The molecule has 160 valence electrons. The van der Waals surface area contributed by atoms with Crippen molar-refractivity contribution in [1.29, 1.82) is 0 Å². The predicted molar refractivity (Wildman–Crippen MR) is 132 cm³/mol. The SMILES string of the molecule is CCc1ccc(C=C2SC(=S)N(CCCC(=O)N3CCCc4ccccc43)C2=O)cc1. The van der Waals surface area contributed by atoms with Gasteiger partial charge >= 0.3 is 0 Å². The van der Waals surface area contributed by atoms with E-state index < -0.39 is 0 Å². The number of thioether (sulfide) groups is 1. The summed E-state index contributed by atoms with van der Waals surface area (Å²) in [5.74, 6) is 0.0504. The van der Waals surface area contributed by atoms with Crippen molar-refractivity contribution in [3.8, 4) is 0 Å². The van der Waals surface area contributed by atoms with Crippen LogP contribution in [0, 0.1) is 0 Å². The van der Waals surface area contributed by atoms with Gasteiger partial charge in [-0.1, -0.05) is 73.4 Å². The molecule has 1 saturated heterocycles. The molecule has 0 aromatic heterocycles. The lowest BCUT2D eigenvalue weighted by Crippen LogP contribution is -2.36. The average Bonchev–Trinajstić information content (AvgIpc) is 3.06. The third kappa shape index (κ3) is 4.91. The zero-order valence-corrected chi connectivity index (χ0v) is 19.3. The number of para-hydroxylation sites is 1. The van der Waals surface area contributed by atoms with Crippen molar-refractivity contribution in [1.82, 2.24) is 4.90 Å². The van der Waals surface area contributed by atoms with Gasteiger partial charge in [0.05, 0.1) is 4.91 Å². The number of carbonyl (C=O) groups is 2. The van der Waals surface area contributed by atoms with Crippen molar-refractivity contribution < 1.29 is 9.59 Å². The van der Waals surface area contributed by atoms with Crippen LogP contribution in [0.5, 0.6) is 0 Å². The Hall–Kier alpha value is -2.44. The molecule has 0 aliphatic carbocycles. The first kappa shape index (κ1) is 21.8. The molecule has 2 aromatic rings. The molecule has 0 radical (unpaired) electrons. The Balaban J connectivity index is 1.35. The summed E-state index contributed by atoms with van der Waals surface area (Å²) in [7, 11) is 0. The van der Waals surface area contributed by atoms with Gasteiger partial charge in [0.15, 0.2) is 0 Å². The molecule has 0 unspecified atom stereocenters. The van der Waals surface area contributed by atoms with Crippen LogP contribution in [0.15, 0.2) is 53.4 Å². The highest BCUT2D eigenvalue weighted by Gasteiger charge is 2.32. The van der Waals surface area contributed by atoms with Gasteiger partial charge in [-0.2, -0.15) is 0 Å². The number of nitrogens with zero attached hydrogens (tertiary/aromatic N) is 2. The minimum Gasteiger partial charge on any atom is -0.312 e. The van der Waals surface area contributed by atoms with E-state index >= 15 is 0 Å². The number of carbonyl (C=O) groups excluding carboxylic acids is 2. The first-order chi connectivity index (χ1) is 15.1. The van der Waals surface area contributed by atoms with Crippen molar-refractivity contribution in [2.24, 2.45) is 0 Å². The number of hydrogen-bond acceptors (Lipinski definition) is 4. The van der Waals surface area contributed by atoms with Crippen molar-refractivity contribution in [2.75, 3.05) is 18.0 Å². The van der Waals surface area contributed by atoms with Crippen LogP contribution in [0.3, 0.4) is 0 Å². The zero-order chi connectivity index (χ0) is 21.8. The third-order valence-electron chi connectivity index (χ3n) is 5.74. The van der Waals surface area contributed by atoms with E-state index in [9.17, 15) is 9.59 Å². The molecule has 2 aliphatic rings. The fourth-order valence-electron chi connectivity index (χ4n) is 4.01. The smallest absolute Gasteiger partial charge is 0.266 e. The van der Waals surface area contributed by atoms with Gasteiger partial charge in [-0.15, -0.1) is 0 Å². The third-order valence-corrected chi connectivity index (χ3v) is 7.12. The van der Waals surface area contributed by atoms with E-state index in [1.807, 2.05) is 41.3 Å². The van der Waals surface area contributed by atoms with Crippen LogP contribution in [-0.4, -0.2) is 34.1 Å². The maximum atomic E-state index is 12.8. The number of hydrogen-bond donors (Lipinski definition) is 0. The Labute approximate surface area is 193 Å². The van der Waals surface area contributed by atoms with Crippen molar-refractivity contribution >= 4 is 51.9 Å². The lowest BCUT2D eigenvalue weighted by atomic mass is 10.0. The Kier molecular flexibility index (Phi) is 6.88. The summed E-state index contributed by atoms with van der Waals surface area (Å²) in [5.41, 5.74) is 4.53. The van der Waals surface area contributed by atoms with Gasteiger partial charge in [-0.3, -0.25) is 14.5 Å². The first-order valence-corrected chi connectivity index (χ1v) is 12.0. The van der Waals surface area contributed by atoms with Gasteiger partial charge in [0.25, 0.3) is 5.91 Å². The summed E-state index contributed by atoms with van der Waals surface area (Å²) in [4.78, 5) is 29.8. The molecule has 2 aromatic carbocycles. The fourth-order valence-corrected chi connectivity index (χ4v) is 5.32. The molecule has 2 amide bonds. The minimum atomic E-state index is -0.0645. The maximum Gasteiger partial charge on any atom is 0.266 e. The molecule has 2 heterocycles. The lowest BCUT2D eigenvalue weighted by molar-refractivity contribution is -0.123. The van der Waals surface area contributed by atoms with Gasteiger partial charge < -0.3 is 4.90 Å². The average molecular weight is 451 g/mol. The largest absolute Gasteiger partial charge is 0.312 e. The van der Waals surface area contributed by atoms with Crippen LogP contribution in [-0.2, 0) is 22.4 Å². The predicted octanol–water partition coefficient (Wildman–Crippen LogP) is 5.21. The number of anilines is 1. The molecule has 0 bridgehead atoms. The lowest BCUT2D eigenvalue weighted by Gasteiger charge is -2.29. The zero-order valence-electron chi connectivity index (χ0n) is 17.7. The maximum absolute atomic E-state index is 12.8. The number of amides is 2. The van der Waals surface area contributed by atoms with Gasteiger partial charge in [0.1, 0.15) is 4.32 Å². The summed E-state index contributed by atoms with van der Waals surface area (Å²) < 4.78 is 0.567. The molecule has 31 heavy (non-hydrogen) atoms. The van der Waals surface area contributed by atoms with E-state index in [0.29, 0.717) is 28.6 Å². The minimum absolute atomic E-state index is 0.0645. The van der Waals surface area contributed by atoms with Crippen LogP contribution in [0.25, 0.3) is 6.08 Å². The normalized spacial score (nSPS) is 17.4. The molecule has 4 nitrogen and oxygen atoms in total. The molecule has 6 heteroatoms. The molecule has 4 rings (SSSR count). The molecule has 0 N–H and O–H groups in total. The van der Waals surface area contributed by atoms with Crippen LogP contribution in [0.1, 0.15) is 42.9 Å². The van der Waals surface area contributed by atoms with Gasteiger partial charge in [0, 0.05) is 25.2 Å². The summed E-state index contributed by atoms with van der Waals surface area (Å²) in [6.07, 6.45) is 5.90. The van der Waals surface area contributed by atoms with Crippen molar-refractivity contribution in [2.45, 2.75) is 39.0 Å². The standard InChI is InChI=1S/C25H26N2O2S2/c1-2-18-11-13-19(14-12-18)17-22-24(29)27(25(30)31-22)16-6-10-23(28)26-15-5-8-20-7-3-4-9-21(20)26/h3-4,7,9,11-14,17H,2,5-6,8,10,15-16H2,1H3. The number of benzene rings is 2. The second kappa shape index (κ2) is 9.79. The van der Waals surface area contributed by atoms with Crippen LogP contribution in [0.4, 0.5) is 5.69 Å². The summed E-state index contributed by atoms with van der Waals surface area (Å²) >= 11 is 6.78. The second-order valence-corrected chi connectivity index (χ2v) is 9.49. The van der Waals surface area contributed by atoms with Crippen molar-refractivity contribution in [3.05, 3.63) is 70.1 Å². The molecular formula is C25H26N2O2S2. The summed E-state index contributed by atoms with van der Waals surface area (Å²) in [6, 6.07) is 16.3. The first-order valence-electron chi connectivity index (χ1n) is 10.8. The van der Waals surface area contributed by atoms with E-state index in [0.717, 1.165) is 37.1 Å². The van der Waals surface area contributed by atoms with E-state index in [1.165, 1.54) is 22.9 Å². The second-order valence-electron chi connectivity index (χ2n) is 7.81. The highest BCUT2D eigenvalue weighted by molar-refractivity contribution is 8.26. The van der Waals surface area contributed by atoms with E-state index in [4.69, 9.17) is 12.2 Å². The van der Waals surface area contributed by atoms with E-state index in [1.54, 1.807) is 4.90 Å². The molecular weight excluding hydrogens is 424 g/mol. The number of aryl methyl sites for hydroxylation is 2. The molecule has 0 spiro atoms. The number of thiocarbonyl (C=S) groups is 1. The molecule has 0 saturated carbocycles. The number of fused-ring (bicyclic) bond motifs is 1. The Morgan fingerprint density at radius 2 is 1.94 bits per heavy atom. The van der Waals surface area contributed by atoms with Crippen LogP contribution in [0.2, 0.25) is 0 Å². The Bertz CT molecular complexity index is 1030. The van der Waals surface area contributed by atoms with Gasteiger partial charge in [-0.25, -0.2) is 0 Å². The van der Waals surface area contributed by atoms with E-state index in [2.05, 4.69) is 25.1 Å². The fraction of sp³-hybridized carbons (Fsp3) is 0.320. The van der Waals surface area contributed by atoms with Gasteiger partial charge in [-0.05, 0) is 54.5 Å². The Morgan fingerprint density at radius 1 is 1.16 bits per heavy atom. The van der Waals surface area contributed by atoms with E-state index in [-0.39, 0.29) is 11.8 Å². The summed E-state index contributed by atoms with van der Waals surface area (Å²) in [5, 5.41) is 0. The molecule has 2 aliphatic heterocycles. The van der Waals surface area contributed by atoms with Gasteiger partial charge in [0.2, 0.25) is 5.91 Å². The monoisotopic (exact) mass is 450 g/mol.